The minimum Gasteiger partial charge on any atom is -0.322 e. The predicted octanol–water partition coefficient (Wildman–Crippen LogP) is 2.73. The lowest BCUT2D eigenvalue weighted by Crippen LogP contribution is -2.52. The van der Waals surface area contributed by atoms with E-state index in [2.05, 4.69) is 10.6 Å². The van der Waals surface area contributed by atoms with E-state index in [1.165, 1.54) is 4.90 Å². The maximum atomic E-state index is 13.1. The SMILES string of the molecule is CC1(C)c2ccccc2CN1C(=O)Nc1ccc2c(c1)CN(C1CCC(=O)NC1=O)C2=O. The van der Waals surface area contributed by atoms with E-state index in [1.807, 2.05) is 38.1 Å². The first kappa shape index (κ1) is 20.2. The molecule has 1 atom stereocenters. The van der Waals surface area contributed by atoms with Gasteiger partial charge < -0.3 is 15.1 Å². The van der Waals surface area contributed by atoms with E-state index >= 15 is 0 Å². The van der Waals surface area contributed by atoms with Gasteiger partial charge in [-0.15, -0.1) is 0 Å². The highest BCUT2D eigenvalue weighted by Gasteiger charge is 2.41. The Morgan fingerprint density at radius 1 is 1.06 bits per heavy atom. The Morgan fingerprint density at radius 3 is 2.59 bits per heavy atom. The van der Waals surface area contributed by atoms with E-state index in [4.69, 9.17) is 0 Å². The predicted molar refractivity (Wildman–Crippen MR) is 117 cm³/mol. The Labute approximate surface area is 185 Å². The molecular weight excluding hydrogens is 408 g/mol. The van der Waals surface area contributed by atoms with Crippen molar-refractivity contribution < 1.29 is 19.2 Å². The monoisotopic (exact) mass is 432 g/mol. The molecule has 0 aromatic heterocycles. The zero-order valence-corrected chi connectivity index (χ0v) is 18.0. The number of nitrogens with zero attached hydrogens (tertiary/aromatic N) is 2. The Kier molecular flexibility index (Phi) is 4.54. The topological polar surface area (TPSA) is 98.8 Å². The van der Waals surface area contributed by atoms with Crippen LogP contribution in [-0.2, 0) is 28.2 Å². The van der Waals surface area contributed by atoms with Crippen LogP contribution < -0.4 is 10.6 Å². The number of benzene rings is 2. The molecule has 2 aromatic rings. The molecular formula is C24H24N4O4. The number of fused-ring (bicyclic) bond motifs is 2. The van der Waals surface area contributed by atoms with Gasteiger partial charge in [-0.3, -0.25) is 19.7 Å². The van der Waals surface area contributed by atoms with Crippen molar-refractivity contribution in [2.24, 2.45) is 0 Å². The summed E-state index contributed by atoms with van der Waals surface area (Å²) in [5, 5.41) is 5.26. The molecule has 1 unspecified atom stereocenters. The van der Waals surface area contributed by atoms with Gasteiger partial charge in [-0.1, -0.05) is 24.3 Å². The van der Waals surface area contributed by atoms with Crippen LogP contribution in [0.2, 0.25) is 0 Å². The first-order valence-corrected chi connectivity index (χ1v) is 10.7. The van der Waals surface area contributed by atoms with Crippen LogP contribution in [0.25, 0.3) is 0 Å². The zero-order valence-electron chi connectivity index (χ0n) is 18.0. The number of nitrogens with one attached hydrogen (secondary N) is 2. The Hall–Kier alpha value is -3.68. The van der Waals surface area contributed by atoms with Gasteiger partial charge >= 0.3 is 6.03 Å². The molecule has 8 heteroatoms. The fourth-order valence-corrected chi connectivity index (χ4v) is 4.94. The van der Waals surface area contributed by atoms with Crippen molar-refractivity contribution in [2.45, 2.75) is 51.4 Å². The molecule has 3 aliphatic rings. The number of hydrogen-bond donors (Lipinski definition) is 2. The van der Waals surface area contributed by atoms with Crippen LogP contribution in [0, 0.1) is 0 Å². The molecule has 0 bridgehead atoms. The lowest BCUT2D eigenvalue weighted by Gasteiger charge is -2.32. The Balaban J connectivity index is 1.32. The molecule has 164 valence electrons. The molecule has 3 heterocycles. The number of carbonyl (C=O) groups is 4. The number of anilines is 1. The second-order valence-corrected chi connectivity index (χ2v) is 9.00. The average Bonchev–Trinajstić information content (AvgIpc) is 3.22. The molecule has 2 aromatic carbocycles. The smallest absolute Gasteiger partial charge is 0.322 e. The van der Waals surface area contributed by atoms with E-state index in [0.717, 1.165) is 16.7 Å². The van der Waals surface area contributed by atoms with Crippen molar-refractivity contribution in [3.63, 3.8) is 0 Å². The van der Waals surface area contributed by atoms with E-state index in [9.17, 15) is 19.2 Å². The fraction of sp³-hybridized carbons (Fsp3) is 0.333. The number of carbonyl (C=O) groups excluding carboxylic acids is 4. The maximum Gasteiger partial charge on any atom is 0.322 e. The summed E-state index contributed by atoms with van der Waals surface area (Å²) < 4.78 is 0. The highest BCUT2D eigenvalue weighted by atomic mass is 16.2. The molecule has 1 fully saturated rings. The summed E-state index contributed by atoms with van der Waals surface area (Å²) in [6.45, 7) is 4.85. The van der Waals surface area contributed by atoms with Gasteiger partial charge in [0, 0.05) is 30.8 Å². The summed E-state index contributed by atoms with van der Waals surface area (Å²) in [6.07, 6.45) is 0.532. The van der Waals surface area contributed by atoms with Crippen molar-refractivity contribution in [3.8, 4) is 0 Å². The maximum absolute atomic E-state index is 13.1. The van der Waals surface area contributed by atoms with Crippen LogP contribution >= 0.6 is 0 Å². The van der Waals surface area contributed by atoms with E-state index in [-0.39, 0.29) is 30.8 Å². The molecule has 2 N–H and O–H groups in total. The summed E-state index contributed by atoms with van der Waals surface area (Å²) in [6, 6.07) is 12.3. The first-order chi connectivity index (χ1) is 15.3. The second kappa shape index (κ2) is 7.19. The number of urea groups is 1. The third kappa shape index (κ3) is 3.14. The molecule has 1 saturated heterocycles. The molecule has 5 amide bonds. The summed E-state index contributed by atoms with van der Waals surface area (Å²) in [5.41, 5.74) is 3.69. The van der Waals surface area contributed by atoms with E-state index in [0.29, 0.717) is 24.2 Å². The molecule has 0 aliphatic carbocycles. The molecule has 0 spiro atoms. The fourth-order valence-electron chi connectivity index (χ4n) is 4.94. The highest BCUT2D eigenvalue weighted by Crippen LogP contribution is 2.39. The largest absolute Gasteiger partial charge is 0.322 e. The van der Waals surface area contributed by atoms with Gasteiger partial charge in [-0.05, 0) is 55.2 Å². The minimum atomic E-state index is -0.658. The van der Waals surface area contributed by atoms with Crippen LogP contribution in [0.15, 0.2) is 42.5 Å². The van der Waals surface area contributed by atoms with Crippen LogP contribution in [0.4, 0.5) is 10.5 Å². The number of hydrogen-bond acceptors (Lipinski definition) is 4. The normalized spacial score (nSPS) is 21.3. The van der Waals surface area contributed by atoms with Crippen LogP contribution in [0.5, 0.6) is 0 Å². The summed E-state index contributed by atoms with van der Waals surface area (Å²) >= 11 is 0. The quantitative estimate of drug-likeness (QED) is 0.713. The van der Waals surface area contributed by atoms with Gasteiger partial charge in [0.15, 0.2) is 0 Å². The van der Waals surface area contributed by atoms with Crippen LogP contribution in [0.3, 0.4) is 0 Å². The van der Waals surface area contributed by atoms with Gasteiger partial charge in [0.25, 0.3) is 5.91 Å². The summed E-state index contributed by atoms with van der Waals surface area (Å²) in [4.78, 5) is 52.9. The number of rotatable bonds is 2. The number of piperidine rings is 1. The molecule has 32 heavy (non-hydrogen) atoms. The third-order valence-electron chi connectivity index (χ3n) is 6.70. The van der Waals surface area contributed by atoms with Crippen molar-refractivity contribution >= 4 is 29.4 Å². The van der Waals surface area contributed by atoms with Crippen molar-refractivity contribution in [2.75, 3.05) is 5.32 Å². The first-order valence-electron chi connectivity index (χ1n) is 10.7. The molecule has 8 nitrogen and oxygen atoms in total. The van der Waals surface area contributed by atoms with E-state index in [1.54, 1.807) is 23.1 Å². The second-order valence-electron chi connectivity index (χ2n) is 9.00. The zero-order chi connectivity index (χ0) is 22.6. The molecule has 0 saturated carbocycles. The van der Waals surface area contributed by atoms with Gasteiger partial charge in [0.05, 0.1) is 5.54 Å². The summed E-state index contributed by atoms with van der Waals surface area (Å²) in [7, 11) is 0. The van der Waals surface area contributed by atoms with Crippen LogP contribution in [0.1, 0.15) is 53.7 Å². The number of imide groups is 1. The van der Waals surface area contributed by atoms with Crippen LogP contribution in [-0.4, -0.2) is 39.6 Å². The van der Waals surface area contributed by atoms with Crippen molar-refractivity contribution in [3.05, 3.63) is 64.7 Å². The Morgan fingerprint density at radius 2 is 1.84 bits per heavy atom. The molecule has 3 aliphatic heterocycles. The lowest BCUT2D eigenvalue weighted by atomic mass is 9.94. The standard InChI is InChI=1S/C24H24N4O4/c1-24(2)18-6-4-3-5-14(18)13-28(24)23(32)25-16-7-8-17-15(11-16)12-27(22(17)31)19-9-10-20(29)26-21(19)30/h3-8,11,19H,9-10,12-13H2,1-2H3,(H,25,32)(H,26,29,30). The molecule has 5 rings (SSSR count). The number of amides is 5. The van der Waals surface area contributed by atoms with Gasteiger partial charge in [0.2, 0.25) is 11.8 Å². The van der Waals surface area contributed by atoms with Gasteiger partial charge in [-0.2, -0.15) is 0 Å². The summed E-state index contributed by atoms with van der Waals surface area (Å²) in [5.74, 6) is -0.984. The third-order valence-corrected chi connectivity index (χ3v) is 6.70. The van der Waals surface area contributed by atoms with Gasteiger partial charge in [0.1, 0.15) is 6.04 Å². The van der Waals surface area contributed by atoms with Gasteiger partial charge in [-0.25, -0.2) is 4.79 Å². The minimum absolute atomic E-state index is 0.211. The van der Waals surface area contributed by atoms with Crippen molar-refractivity contribution in [1.82, 2.24) is 15.1 Å². The average molecular weight is 432 g/mol. The molecule has 0 radical (unpaired) electrons. The van der Waals surface area contributed by atoms with E-state index < -0.39 is 17.5 Å². The Bertz CT molecular complexity index is 1170. The lowest BCUT2D eigenvalue weighted by molar-refractivity contribution is -0.136. The highest BCUT2D eigenvalue weighted by molar-refractivity contribution is 6.05. The van der Waals surface area contributed by atoms with Crippen molar-refractivity contribution in [1.29, 1.82) is 0 Å².